The van der Waals surface area contributed by atoms with Gasteiger partial charge in [-0.1, -0.05) is 115 Å². The number of benzene rings is 6. The van der Waals surface area contributed by atoms with Crippen molar-refractivity contribution in [2.24, 2.45) is 0 Å². The highest BCUT2D eigenvalue weighted by atomic mass is 15.0. The molecule has 0 aliphatic heterocycles. The van der Waals surface area contributed by atoms with Gasteiger partial charge in [-0.25, -0.2) is 0 Å². The van der Waals surface area contributed by atoms with Crippen molar-refractivity contribution >= 4 is 43.6 Å². The number of hydrogen-bond acceptors (Lipinski definition) is 0. The van der Waals surface area contributed by atoms with Crippen LogP contribution in [0.2, 0.25) is 0 Å². The van der Waals surface area contributed by atoms with E-state index in [2.05, 4.69) is 4.98 Å². The minimum Gasteiger partial charge on any atom is -0.353 e. The fourth-order valence-electron chi connectivity index (χ4n) is 5.34. The molecule has 2 nitrogen and oxygen atoms in total. The van der Waals surface area contributed by atoms with Gasteiger partial charge in [0.15, 0.2) is 0 Å². The Bertz CT molecular complexity index is 2660. The van der Waals surface area contributed by atoms with Crippen molar-refractivity contribution in [2.45, 2.75) is 0 Å². The lowest BCUT2D eigenvalue weighted by Crippen LogP contribution is -1.96. The summed E-state index contributed by atoms with van der Waals surface area (Å²) in [7, 11) is 0. The van der Waals surface area contributed by atoms with Crippen LogP contribution in [-0.4, -0.2) is 9.55 Å². The fraction of sp³-hybridized carbons (Fsp3) is 0. The molecule has 0 fully saturated rings. The molecule has 8 aromatic rings. The molecule has 178 valence electrons. The SMILES string of the molecule is [2H]c1c([2H])c([2H])c2c([nH]c3c2c([2H])c([2H])c2c4c([2H])c([2H])c([2H])c([2H])c4n(-c4ccc(-c5ccccc5)c(-c5ccccc5)c4)c32)c1[2H]. The smallest absolute Gasteiger partial charge is 0.0783 e. The molecule has 0 aliphatic rings. The summed E-state index contributed by atoms with van der Waals surface area (Å²) < 4.78 is 89.0. The Morgan fingerprint density at radius 3 is 2.00 bits per heavy atom. The van der Waals surface area contributed by atoms with Gasteiger partial charge in [0, 0.05) is 32.7 Å². The molecule has 6 aromatic carbocycles. The molecule has 0 radical (unpaired) electrons. The molecule has 0 saturated heterocycles. The van der Waals surface area contributed by atoms with Gasteiger partial charge in [0.25, 0.3) is 0 Å². The number of aromatic amines is 1. The summed E-state index contributed by atoms with van der Waals surface area (Å²) in [6, 6.07) is 21.5. The summed E-state index contributed by atoms with van der Waals surface area (Å²) in [5.74, 6) is 0. The minimum atomic E-state index is -0.474. The normalized spacial score (nSPS) is 15.4. The van der Waals surface area contributed by atoms with Gasteiger partial charge < -0.3 is 9.55 Å². The van der Waals surface area contributed by atoms with Crippen LogP contribution in [0.3, 0.4) is 0 Å². The lowest BCUT2D eigenvalue weighted by molar-refractivity contribution is 1.18. The molecule has 2 heteroatoms. The molecule has 38 heavy (non-hydrogen) atoms. The second-order valence-electron chi connectivity index (χ2n) is 9.12. The first-order valence-electron chi connectivity index (χ1n) is 17.2. The first kappa shape index (κ1) is 13.5. The van der Waals surface area contributed by atoms with E-state index in [0.717, 1.165) is 22.3 Å². The Balaban J connectivity index is 1.63. The Kier molecular flexibility index (Phi) is 2.91. The van der Waals surface area contributed by atoms with E-state index < -0.39 is 24.2 Å². The van der Waals surface area contributed by atoms with Crippen LogP contribution in [-0.2, 0) is 0 Å². The van der Waals surface area contributed by atoms with Crippen molar-refractivity contribution in [2.75, 3.05) is 0 Å². The highest BCUT2D eigenvalue weighted by molar-refractivity contribution is 6.22. The summed E-state index contributed by atoms with van der Waals surface area (Å²) in [4.78, 5) is 3.14. The average molecular weight is 495 g/mol. The third-order valence-electron chi connectivity index (χ3n) is 7.02. The number of nitrogens with one attached hydrogen (secondary N) is 1. The van der Waals surface area contributed by atoms with Crippen LogP contribution in [0.25, 0.3) is 71.6 Å². The predicted molar refractivity (Wildman–Crippen MR) is 161 cm³/mol. The maximum Gasteiger partial charge on any atom is 0.0783 e. The summed E-state index contributed by atoms with van der Waals surface area (Å²) in [6.07, 6.45) is 0. The van der Waals surface area contributed by atoms with Crippen molar-refractivity contribution in [3.8, 4) is 27.9 Å². The molecule has 0 atom stereocenters. The Labute approximate surface area is 234 Å². The van der Waals surface area contributed by atoms with E-state index >= 15 is 0 Å². The zero-order valence-corrected chi connectivity index (χ0v) is 20.0. The van der Waals surface area contributed by atoms with Crippen molar-refractivity contribution in [3.63, 3.8) is 0 Å². The number of nitrogens with zero attached hydrogens (tertiary/aromatic N) is 1. The van der Waals surface area contributed by atoms with Crippen LogP contribution in [0.5, 0.6) is 0 Å². The minimum absolute atomic E-state index is 0.0668. The lowest BCUT2D eigenvalue weighted by atomic mass is 9.94. The molecular formula is C36H24N2. The standard InChI is InChI=1S/C36H24N2/c1-3-11-24(12-4-1)27-20-19-26(23-32(27)25-13-5-2-6-14-25)38-34-18-10-8-16-29(34)31-22-21-30-28-15-7-9-17-33(28)37-35(30)36(31)38/h1-23,37H/i7D,8D,9D,10D,15D,16D,17D,18D,21D,22D. The van der Waals surface area contributed by atoms with Crippen LogP contribution >= 0.6 is 0 Å². The molecule has 0 spiro atoms. The molecule has 0 unspecified atom stereocenters. The molecule has 8 rings (SSSR count). The van der Waals surface area contributed by atoms with E-state index in [1.165, 1.54) is 0 Å². The van der Waals surface area contributed by atoms with E-state index in [1.54, 1.807) is 4.57 Å². The number of hydrogen-bond donors (Lipinski definition) is 1. The van der Waals surface area contributed by atoms with E-state index in [9.17, 15) is 1.37 Å². The highest BCUT2D eigenvalue weighted by Crippen LogP contribution is 2.40. The van der Waals surface area contributed by atoms with Crippen LogP contribution in [0.1, 0.15) is 13.7 Å². The summed E-state index contributed by atoms with van der Waals surface area (Å²) in [5, 5.41) is 0.364. The van der Waals surface area contributed by atoms with Gasteiger partial charge in [0.05, 0.1) is 30.3 Å². The summed E-state index contributed by atoms with van der Waals surface area (Å²) >= 11 is 0. The van der Waals surface area contributed by atoms with Gasteiger partial charge in [-0.3, -0.25) is 0 Å². The predicted octanol–water partition coefficient (Wildman–Crippen LogP) is 9.75. The first-order chi connectivity index (χ1) is 23.0. The lowest BCUT2D eigenvalue weighted by Gasteiger charge is -2.15. The van der Waals surface area contributed by atoms with Gasteiger partial charge in [-0.2, -0.15) is 0 Å². The topological polar surface area (TPSA) is 20.7 Å². The van der Waals surface area contributed by atoms with Crippen molar-refractivity contribution in [1.82, 2.24) is 9.55 Å². The van der Waals surface area contributed by atoms with E-state index in [-0.39, 0.29) is 79.9 Å². The zero-order chi connectivity index (χ0) is 33.8. The largest absolute Gasteiger partial charge is 0.353 e. The Hall–Kier alpha value is -5.08. The number of para-hydroxylation sites is 2. The number of fused-ring (bicyclic) bond motifs is 7. The quantitative estimate of drug-likeness (QED) is 0.252. The van der Waals surface area contributed by atoms with E-state index in [1.807, 2.05) is 78.9 Å². The van der Waals surface area contributed by atoms with Crippen LogP contribution in [0.4, 0.5) is 0 Å². The molecule has 0 bridgehead atoms. The summed E-state index contributed by atoms with van der Waals surface area (Å²) in [6.45, 7) is 0. The maximum atomic E-state index is 9.22. The van der Waals surface area contributed by atoms with Crippen molar-refractivity contribution in [1.29, 1.82) is 0 Å². The molecule has 0 aliphatic carbocycles. The van der Waals surface area contributed by atoms with Crippen molar-refractivity contribution in [3.05, 3.63) is 139 Å². The number of rotatable bonds is 3. The number of aromatic nitrogens is 2. The summed E-state index contributed by atoms with van der Waals surface area (Å²) in [5.41, 5.74) is 4.87. The average Bonchev–Trinajstić information content (AvgIpc) is 3.69. The fourth-order valence-corrected chi connectivity index (χ4v) is 5.34. The van der Waals surface area contributed by atoms with Crippen molar-refractivity contribution < 1.29 is 13.7 Å². The van der Waals surface area contributed by atoms with Gasteiger partial charge >= 0.3 is 0 Å². The first-order valence-corrected chi connectivity index (χ1v) is 12.2. The van der Waals surface area contributed by atoms with Crippen LogP contribution in [0, 0.1) is 0 Å². The maximum absolute atomic E-state index is 9.22. The van der Waals surface area contributed by atoms with E-state index in [4.69, 9.17) is 12.3 Å². The third-order valence-corrected chi connectivity index (χ3v) is 7.02. The monoisotopic (exact) mass is 494 g/mol. The van der Waals surface area contributed by atoms with Gasteiger partial charge in [-0.05, 0) is 46.5 Å². The number of H-pyrrole nitrogens is 1. The zero-order valence-electron chi connectivity index (χ0n) is 30.0. The van der Waals surface area contributed by atoms with Crippen LogP contribution < -0.4 is 0 Å². The Morgan fingerprint density at radius 1 is 0.553 bits per heavy atom. The molecule has 1 N–H and O–H groups in total. The second-order valence-corrected chi connectivity index (χ2v) is 9.12. The van der Waals surface area contributed by atoms with Crippen LogP contribution in [0.15, 0.2) is 139 Å². The van der Waals surface area contributed by atoms with Gasteiger partial charge in [-0.15, -0.1) is 0 Å². The van der Waals surface area contributed by atoms with E-state index in [0.29, 0.717) is 5.69 Å². The highest BCUT2D eigenvalue weighted by Gasteiger charge is 2.18. The van der Waals surface area contributed by atoms with Gasteiger partial charge in [0.2, 0.25) is 0 Å². The third kappa shape index (κ3) is 3.07. The molecule has 0 amide bonds. The molecular weight excluding hydrogens is 460 g/mol. The molecule has 2 aromatic heterocycles. The molecule has 2 heterocycles. The van der Waals surface area contributed by atoms with Gasteiger partial charge in [0.1, 0.15) is 0 Å². The Morgan fingerprint density at radius 2 is 1.21 bits per heavy atom. The molecule has 0 saturated carbocycles. The second kappa shape index (κ2) is 8.22.